The van der Waals surface area contributed by atoms with Crippen LogP contribution in [0.25, 0.3) is 0 Å². The molecule has 2 aliphatic heterocycles. The minimum atomic E-state index is -0.111. The highest BCUT2D eigenvalue weighted by Crippen LogP contribution is 2.50. The number of hydrogen-bond donors (Lipinski definition) is 2. The van der Waals surface area contributed by atoms with Gasteiger partial charge >= 0.3 is 0 Å². The van der Waals surface area contributed by atoms with Crippen molar-refractivity contribution < 1.29 is 0 Å². The predicted molar refractivity (Wildman–Crippen MR) is 72.2 cm³/mol. The van der Waals surface area contributed by atoms with E-state index in [1.807, 2.05) is 18.0 Å². The lowest BCUT2D eigenvalue weighted by atomic mass is 10.4. The molecule has 0 saturated carbocycles. The second kappa shape index (κ2) is 4.64. The first-order valence-corrected chi connectivity index (χ1v) is 7.66. The summed E-state index contributed by atoms with van der Waals surface area (Å²) in [7, 11) is 0. The Morgan fingerprint density at radius 3 is 3.00 bits per heavy atom. The molecule has 3 rings (SSSR count). The number of anilines is 1. The molecular formula is C10H15N5S2. The van der Waals surface area contributed by atoms with Crippen molar-refractivity contribution >= 4 is 29.2 Å². The fraction of sp³-hybridized carbons (Fsp3) is 0.600. The van der Waals surface area contributed by atoms with Crippen LogP contribution in [0.15, 0.2) is 17.6 Å². The quantitative estimate of drug-likeness (QED) is 0.773. The predicted octanol–water partition coefficient (Wildman–Crippen LogP) is 0.874. The maximum atomic E-state index is 4.33. The molecule has 2 aliphatic rings. The van der Waals surface area contributed by atoms with Crippen LogP contribution in [0.3, 0.4) is 0 Å². The fourth-order valence-electron chi connectivity index (χ4n) is 2.14. The highest BCUT2D eigenvalue weighted by molar-refractivity contribution is 8.18. The molecule has 7 heteroatoms. The number of thioether (sulfide) groups is 2. The molecule has 0 amide bonds. The average molecular weight is 269 g/mol. The lowest BCUT2D eigenvalue weighted by molar-refractivity contribution is 0.223. The zero-order chi connectivity index (χ0) is 11.7. The molecule has 1 fully saturated rings. The Bertz CT molecular complexity index is 382. The fourth-order valence-corrected chi connectivity index (χ4v) is 4.41. The largest absolute Gasteiger partial charge is 0.346 e. The van der Waals surface area contributed by atoms with Crippen LogP contribution in [0, 0.1) is 0 Å². The van der Waals surface area contributed by atoms with Gasteiger partial charge in [-0.05, 0) is 18.0 Å². The minimum Gasteiger partial charge on any atom is -0.346 e. The maximum absolute atomic E-state index is 4.33. The minimum absolute atomic E-state index is 0.111. The van der Waals surface area contributed by atoms with Crippen LogP contribution in [0.4, 0.5) is 5.69 Å². The van der Waals surface area contributed by atoms with Crippen molar-refractivity contribution in [1.29, 1.82) is 0 Å². The SMILES string of the molecule is CSC1(N2CCNCC2)Nc2cncnc2S1. The molecule has 5 nitrogen and oxygen atoms in total. The van der Waals surface area contributed by atoms with Gasteiger partial charge in [0.05, 0.1) is 11.9 Å². The summed E-state index contributed by atoms with van der Waals surface area (Å²) in [6.07, 6.45) is 5.61. The Morgan fingerprint density at radius 2 is 2.29 bits per heavy atom. The van der Waals surface area contributed by atoms with Crippen molar-refractivity contribution in [3.8, 4) is 0 Å². The van der Waals surface area contributed by atoms with Gasteiger partial charge in [-0.15, -0.1) is 11.8 Å². The van der Waals surface area contributed by atoms with E-state index in [0.717, 1.165) is 36.9 Å². The van der Waals surface area contributed by atoms with E-state index in [-0.39, 0.29) is 4.33 Å². The van der Waals surface area contributed by atoms with E-state index in [1.54, 1.807) is 18.1 Å². The number of nitrogens with one attached hydrogen (secondary N) is 2. The van der Waals surface area contributed by atoms with Crippen LogP contribution in [0.1, 0.15) is 0 Å². The molecular weight excluding hydrogens is 254 g/mol. The zero-order valence-electron chi connectivity index (χ0n) is 9.64. The molecule has 1 aromatic rings. The van der Waals surface area contributed by atoms with Crippen molar-refractivity contribution in [2.75, 3.05) is 37.8 Å². The van der Waals surface area contributed by atoms with Gasteiger partial charge in [-0.25, -0.2) is 9.97 Å². The molecule has 0 radical (unpaired) electrons. The van der Waals surface area contributed by atoms with Crippen LogP contribution in [0.5, 0.6) is 0 Å². The van der Waals surface area contributed by atoms with Gasteiger partial charge in [0.1, 0.15) is 11.4 Å². The number of rotatable bonds is 2. The van der Waals surface area contributed by atoms with E-state index in [0.29, 0.717) is 0 Å². The number of fused-ring (bicyclic) bond motifs is 1. The van der Waals surface area contributed by atoms with Gasteiger partial charge in [-0.2, -0.15) is 0 Å². The Hall–Kier alpha value is -0.500. The van der Waals surface area contributed by atoms with E-state index < -0.39 is 0 Å². The topological polar surface area (TPSA) is 53.1 Å². The summed E-state index contributed by atoms with van der Waals surface area (Å²) in [6.45, 7) is 4.21. The number of nitrogens with zero attached hydrogens (tertiary/aromatic N) is 3. The van der Waals surface area contributed by atoms with Crippen LogP contribution in [0.2, 0.25) is 0 Å². The summed E-state index contributed by atoms with van der Waals surface area (Å²) in [6, 6.07) is 0. The monoisotopic (exact) mass is 269 g/mol. The molecule has 1 aromatic heterocycles. The Morgan fingerprint density at radius 1 is 1.47 bits per heavy atom. The van der Waals surface area contributed by atoms with E-state index in [4.69, 9.17) is 0 Å². The summed E-state index contributed by atoms with van der Waals surface area (Å²) < 4.78 is -0.111. The lowest BCUT2D eigenvalue weighted by Gasteiger charge is -2.41. The highest BCUT2D eigenvalue weighted by atomic mass is 32.2. The first kappa shape index (κ1) is 11.6. The second-order valence-electron chi connectivity index (χ2n) is 3.99. The van der Waals surface area contributed by atoms with Crippen molar-refractivity contribution in [3.63, 3.8) is 0 Å². The van der Waals surface area contributed by atoms with E-state index in [1.165, 1.54) is 0 Å². The first-order valence-electron chi connectivity index (χ1n) is 5.62. The summed E-state index contributed by atoms with van der Waals surface area (Å²) >= 11 is 3.61. The standard InChI is InChI=1S/C10H15N5S2/c1-16-10(15-4-2-11-3-5-15)14-8-6-12-7-13-9(8)17-10/h6-7,11,14H,2-5H2,1H3. The van der Waals surface area contributed by atoms with Crippen LogP contribution >= 0.6 is 23.5 Å². The zero-order valence-corrected chi connectivity index (χ0v) is 11.3. The van der Waals surface area contributed by atoms with E-state index in [2.05, 4.69) is 31.8 Å². The van der Waals surface area contributed by atoms with Gasteiger partial charge in [0.2, 0.25) is 0 Å². The van der Waals surface area contributed by atoms with Crippen LogP contribution in [-0.4, -0.2) is 51.6 Å². The molecule has 0 aromatic carbocycles. The molecule has 0 aliphatic carbocycles. The number of piperazine rings is 1. The molecule has 92 valence electrons. The second-order valence-corrected chi connectivity index (χ2v) is 6.43. The number of aromatic nitrogens is 2. The molecule has 1 unspecified atom stereocenters. The van der Waals surface area contributed by atoms with Gasteiger partial charge < -0.3 is 10.6 Å². The van der Waals surface area contributed by atoms with E-state index in [9.17, 15) is 0 Å². The summed E-state index contributed by atoms with van der Waals surface area (Å²) in [5.41, 5.74) is 1.05. The normalized spacial score (nSPS) is 28.8. The molecule has 3 heterocycles. The maximum Gasteiger partial charge on any atom is 0.194 e. The van der Waals surface area contributed by atoms with Crippen molar-refractivity contribution in [1.82, 2.24) is 20.2 Å². The van der Waals surface area contributed by atoms with Gasteiger partial charge in [-0.1, -0.05) is 0 Å². The third-order valence-electron chi connectivity index (χ3n) is 3.01. The Balaban J connectivity index is 1.86. The van der Waals surface area contributed by atoms with Gasteiger partial charge in [0, 0.05) is 26.2 Å². The average Bonchev–Trinajstić information content (AvgIpc) is 2.79. The Kier molecular flexibility index (Phi) is 3.16. The molecule has 1 atom stereocenters. The van der Waals surface area contributed by atoms with Crippen LogP contribution < -0.4 is 10.6 Å². The molecule has 0 bridgehead atoms. The first-order chi connectivity index (χ1) is 8.34. The summed E-state index contributed by atoms with van der Waals surface area (Å²) in [5.74, 6) is 0. The van der Waals surface area contributed by atoms with Crippen molar-refractivity contribution in [3.05, 3.63) is 12.5 Å². The van der Waals surface area contributed by atoms with Gasteiger partial charge in [0.25, 0.3) is 0 Å². The highest BCUT2D eigenvalue weighted by Gasteiger charge is 2.43. The molecule has 2 N–H and O–H groups in total. The molecule has 0 spiro atoms. The van der Waals surface area contributed by atoms with Crippen molar-refractivity contribution in [2.24, 2.45) is 0 Å². The Labute approximate surface area is 109 Å². The third-order valence-corrected chi connectivity index (χ3v) is 5.83. The smallest absolute Gasteiger partial charge is 0.194 e. The summed E-state index contributed by atoms with van der Waals surface area (Å²) in [4.78, 5) is 10.9. The van der Waals surface area contributed by atoms with E-state index >= 15 is 0 Å². The summed E-state index contributed by atoms with van der Waals surface area (Å²) in [5, 5.41) is 8.00. The number of hydrogen-bond acceptors (Lipinski definition) is 7. The van der Waals surface area contributed by atoms with Gasteiger partial charge in [0.15, 0.2) is 4.33 Å². The molecule has 17 heavy (non-hydrogen) atoms. The third kappa shape index (κ3) is 2.01. The lowest BCUT2D eigenvalue weighted by Crippen LogP contribution is -2.55. The van der Waals surface area contributed by atoms with Gasteiger partial charge in [-0.3, -0.25) is 4.90 Å². The molecule has 1 saturated heterocycles. The van der Waals surface area contributed by atoms with Crippen molar-refractivity contribution in [2.45, 2.75) is 9.35 Å². The van der Waals surface area contributed by atoms with Crippen LogP contribution in [-0.2, 0) is 0 Å².